The van der Waals surface area contributed by atoms with Crippen molar-refractivity contribution in [2.24, 2.45) is 16.1 Å². The van der Waals surface area contributed by atoms with E-state index in [1.165, 1.54) is 0 Å². The zero-order valence-corrected chi connectivity index (χ0v) is 22.9. The monoisotopic (exact) mass is 533 g/mol. The van der Waals surface area contributed by atoms with Gasteiger partial charge in [0.1, 0.15) is 11.5 Å². The van der Waals surface area contributed by atoms with Crippen molar-refractivity contribution in [3.63, 3.8) is 0 Å². The molecule has 1 aliphatic rings. The van der Waals surface area contributed by atoms with Gasteiger partial charge < -0.3 is 15.3 Å². The Morgan fingerprint density at radius 1 is 0.975 bits per heavy atom. The average Bonchev–Trinajstić information content (AvgIpc) is 3.68. The van der Waals surface area contributed by atoms with E-state index in [1.807, 2.05) is 35.2 Å². The molecule has 1 amide bonds. The van der Waals surface area contributed by atoms with Crippen molar-refractivity contribution in [2.75, 3.05) is 13.1 Å². The van der Waals surface area contributed by atoms with Crippen LogP contribution in [0, 0.1) is 5.53 Å². The van der Waals surface area contributed by atoms with E-state index < -0.39 is 0 Å². The number of likely N-dealkylation sites (tertiary alicyclic amines) is 1. The highest BCUT2D eigenvalue weighted by Crippen LogP contribution is 2.31. The van der Waals surface area contributed by atoms with Crippen LogP contribution in [-0.2, 0) is 13.0 Å². The third kappa shape index (κ3) is 5.71. The van der Waals surface area contributed by atoms with E-state index in [1.54, 1.807) is 6.20 Å². The van der Waals surface area contributed by atoms with Crippen molar-refractivity contribution in [3.05, 3.63) is 102 Å². The van der Waals surface area contributed by atoms with Gasteiger partial charge in [-0.05, 0) is 59.2 Å². The number of benzene rings is 3. The van der Waals surface area contributed by atoms with E-state index in [2.05, 4.69) is 69.2 Å². The molecule has 5 rings (SSSR count). The standard InChI is InChI=1S/C32H35N7O/c1-2-3-11-30-35-21-29(32(40)38-18-7-8-19-38)39(30)22-23-12-14-25(15-13-23)28-20-26(24-9-5-4-6-10-24)16-17-27(28)31(36-33)37-34/h4-6,9-10,12-17,20-21,33H,2-3,7-8,11,18-19,22,34H2,1H3. The molecule has 0 bridgehead atoms. The molecule has 8 heteroatoms. The first kappa shape index (κ1) is 27.0. The summed E-state index contributed by atoms with van der Waals surface area (Å²) in [6, 6.07) is 24.4. The molecule has 1 saturated heterocycles. The van der Waals surface area contributed by atoms with Crippen molar-refractivity contribution in [3.8, 4) is 22.3 Å². The Bertz CT molecular complexity index is 1500. The first-order chi connectivity index (χ1) is 19.6. The van der Waals surface area contributed by atoms with Crippen LogP contribution in [0.2, 0.25) is 0 Å². The number of hydrogen-bond acceptors (Lipinski definition) is 5. The van der Waals surface area contributed by atoms with E-state index in [0.717, 1.165) is 78.8 Å². The lowest BCUT2D eigenvalue weighted by Crippen LogP contribution is -2.30. The Kier molecular flexibility index (Phi) is 8.44. The minimum absolute atomic E-state index is 0.0690. The van der Waals surface area contributed by atoms with Crippen LogP contribution in [0.15, 0.2) is 89.2 Å². The summed E-state index contributed by atoms with van der Waals surface area (Å²) >= 11 is 0. The van der Waals surface area contributed by atoms with Gasteiger partial charge >= 0.3 is 0 Å². The van der Waals surface area contributed by atoms with Gasteiger partial charge in [-0.15, -0.1) is 5.11 Å². The van der Waals surface area contributed by atoms with Gasteiger partial charge in [-0.1, -0.05) is 74.0 Å². The summed E-state index contributed by atoms with van der Waals surface area (Å²) in [7, 11) is 0. The number of nitrogens with two attached hydrogens (primary N) is 1. The molecule has 0 atom stereocenters. The first-order valence-corrected chi connectivity index (χ1v) is 13.9. The van der Waals surface area contributed by atoms with E-state index in [-0.39, 0.29) is 11.7 Å². The predicted molar refractivity (Wildman–Crippen MR) is 158 cm³/mol. The summed E-state index contributed by atoms with van der Waals surface area (Å²) in [5, 5.41) is 7.30. The van der Waals surface area contributed by atoms with E-state index in [9.17, 15) is 4.79 Å². The lowest BCUT2D eigenvalue weighted by molar-refractivity contribution is 0.0782. The third-order valence-electron chi connectivity index (χ3n) is 7.51. The van der Waals surface area contributed by atoms with Gasteiger partial charge in [0.25, 0.3) is 5.91 Å². The zero-order valence-electron chi connectivity index (χ0n) is 22.9. The number of amidine groups is 1. The van der Waals surface area contributed by atoms with E-state index in [0.29, 0.717) is 17.8 Å². The minimum atomic E-state index is 0.0690. The van der Waals surface area contributed by atoms with Gasteiger partial charge in [-0.3, -0.25) is 4.79 Å². The number of rotatable bonds is 9. The second kappa shape index (κ2) is 12.5. The maximum Gasteiger partial charge on any atom is 0.272 e. The molecule has 40 heavy (non-hydrogen) atoms. The summed E-state index contributed by atoms with van der Waals surface area (Å²) in [4.78, 5) is 19.9. The Balaban J connectivity index is 1.48. The van der Waals surface area contributed by atoms with Crippen LogP contribution in [0.4, 0.5) is 0 Å². The Labute approximate surface area is 235 Å². The number of aryl methyl sites for hydroxylation is 1. The molecule has 0 spiro atoms. The topological polar surface area (TPSA) is 113 Å². The number of hydrogen-bond donors (Lipinski definition) is 2. The van der Waals surface area contributed by atoms with Gasteiger partial charge in [0.15, 0.2) is 5.84 Å². The Hall–Kier alpha value is -4.59. The molecule has 3 aromatic carbocycles. The van der Waals surface area contributed by atoms with Gasteiger partial charge in [0.05, 0.1) is 6.20 Å². The van der Waals surface area contributed by atoms with Crippen molar-refractivity contribution in [2.45, 2.75) is 45.6 Å². The molecule has 0 radical (unpaired) electrons. The third-order valence-corrected chi connectivity index (χ3v) is 7.51. The molecule has 1 aliphatic heterocycles. The minimum Gasteiger partial charge on any atom is -0.337 e. The van der Waals surface area contributed by atoms with Crippen LogP contribution in [0.5, 0.6) is 0 Å². The molecule has 8 nitrogen and oxygen atoms in total. The fourth-order valence-electron chi connectivity index (χ4n) is 5.30. The SMILES string of the molecule is CCCCc1ncc(C(=O)N2CCCC2)n1Cc1ccc(-c2cc(-c3ccccc3)ccc2C(N=N)=NN)cc1. The molecule has 204 valence electrons. The molecule has 3 N–H and O–H groups in total. The fraction of sp³-hybridized carbons (Fsp3) is 0.281. The summed E-state index contributed by atoms with van der Waals surface area (Å²) < 4.78 is 2.09. The molecule has 0 aliphatic carbocycles. The zero-order chi connectivity index (χ0) is 27.9. The smallest absolute Gasteiger partial charge is 0.272 e. The Morgan fingerprint density at radius 3 is 2.38 bits per heavy atom. The number of carbonyl (C=O) groups excluding carboxylic acids is 1. The normalized spacial score (nSPS) is 13.5. The predicted octanol–water partition coefficient (Wildman–Crippen LogP) is 6.50. The van der Waals surface area contributed by atoms with Gasteiger partial charge in [-0.25, -0.2) is 10.5 Å². The number of nitrogens with one attached hydrogen (secondary N) is 1. The molecule has 4 aromatic rings. The number of amides is 1. The molecule has 0 saturated carbocycles. The van der Waals surface area contributed by atoms with Crippen LogP contribution >= 0.6 is 0 Å². The highest BCUT2D eigenvalue weighted by molar-refractivity contribution is 6.05. The van der Waals surface area contributed by atoms with Crippen LogP contribution in [0.1, 0.15) is 60.0 Å². The van der Waals surface area contributed by atoms with Crippen LogP contribution in [0.25, 0.3) is 22.3 Å². The number of carbonyl (C=O) groups is 1. The van der Waals surface area contributed by atoms with Crippen molar-refractivity contribution < 1.29 is 4.79 Å². The second-order valence-electron chi connectivity index (χ2n) is 10.1. The van der Waals surface area contributed by atoms with Crippen LogP contribution in [-0.4, -0.2) is 39.3 Å². The summed E-state index contributed by atoms with van der Waals surface area (Å²) in [5.74, 6) is 6.77. The number of imidazole rings is 1. The highest BCUT2D eigenvalue weighted by Gasteiger charge is 2.24. The molecular formula is C32H35N7O. The van der Waals surface area contributed by atoms with Crippen molar-refractivity contribution in [1.82, 2.24) is 14.5 Å². The molecular weight excluding hydrogens is 498 g/mol. The Morgan fingerprint density at radius 2 is 1.70 bits per heavy atom. The molecule has 1 aromatic heterocycles. The average molecular weight is 534 g/mol. The molecule has 0 unspecified atom stereocenters. The van der Waals surface area contributed by atoms with Crippen molar-refractivity contribution in [1.29, 1.82) is 5.53 Å². The van der Waals surface area contributed by atoms with Gasteiger partial charge in [-0.2, -0.15) is 5.10 Å². The largest absolute Gasteiger partial charge is 0.337 e. The molecule has 2 heterocycles. The van der Waals surface area contributed by atoms with Gasteiger partial charge in [0, 0.05) is 31.6 Å². The molecule has 1 fully saturated rings. The number of nitrogens with zero attached hydrogens (tertiary/aromatic N) is 5. The van der Waals surface area contributed by atoms with E-state index >= 15 is 0 Å². The lowest BCUT2D eigenvalue weighted by Gasteiger charge is -2.18. The quantitative estimate of drug-likeness (QED) is 0.0842. The second-order valence-corrected chi connectivity index (χ2v) is 10.1. The highest BCUT2D eigenvalue weighted by atomic mass is 16.2. The lowest BCUT2D eigenvalue weighted by atomic mass is 9.93. The first-order valence-electron chi connectivity index (χ1n) is 13.9. The van der Waals surface area contributed by atoms with Crippen LogP contribution < -0.4 is 5.84 Å². The van der Waals surface area contributed by atoms with E-state index in [4.69, 9.17) is 11.4 Å². The summed E-state index contributed by atoms with van der Waals surface area (Å²) in [6.45, 7) is 4.36. The number of aromatic nitrogens is 2. The fourth-order valence-corrected chi connectivity index (χ4v) is 5.30. The number of hydrazone groups is 1. The van der Waals surface area contributed by atoms with Gasteiger partial charge in [0.2, 0.25) is 0 Å². The van der Waals surface area contributed by atoms with Crippen LogP contribution in [0.3, 0.4) is 0 Å². The summed E-state index contributed by atoms with van der Waals surface area (Å²) in [6.07, 6.45) is 6.80. The maximum absolute atomic E-state index is 13.3. The number of unbranched alkanes of at least 4 members (excludes halogenated alkanes) is 1. The van der Waals surface area contributed by atoms with Crippen molar-refractivity contribution >= 4 is 11.7 Å². The maximum atomic E-state index is 13.3. The summed E-state index contributed by atoms with van der Waals surface area (Å²) in [5.41, 5.74) is 14.0.